The molecule has 0 heterocycles. The molecule has 0 saturated heterocycles. The Morgan fingerprint density at radius 1 is 1.86 bits per heavy atom. The molecule has 40 valence electrons. The fourth-order valence-corrected chi connectivity index (χ4v) is 0.143. The number of primary amides is 1. The van der Waals surface area contributed by atoms with E-state index in [9.17, 15) is 4.79 Å². The monoisotopic (exact) mass is 101 g/mol. The van der Waals surface area contributed by atoms with Gasteiger partial charge in [-0.05, 0) is 0 Å². The van der Waals surface area contributed by atoms with Gasteiger partial charge in [0.25, 0.3) is 0 Å². The molecule has 0 spiro atoms. The van der Waals surface area contributed by atoms with Crippen molar-refractivity contribution < 1.29 is 4.79 Å². The van der Waals surface area contributed by atoms with Crippen LogP contribution in [0.15, 0.2) is 4.99 Å². The second-order valence-corrected chi connectivity index (χ2v) is 0.886. The van der Waals surface area contributed by atoms with Gasteiger partial charge in [0.15, 0.2) is 0 Å². The summed E-state index contributed by atoms with van der Waals surface area (Å²) in [4.78, 5) is 12.9. The van der Waals surface area contributed by atoms with Gasteiger partial charge in [0, 0.05) is 12.8 Å². The first kappa shape index (κ1) is 6.10. The largest absolute Gasteiger partial charge is 0.350 e. The van der Waals surface area contributed by atoms with Crippen molar-refractivity contribution in [3.63, 3.8) is 0 Å². The quantitative estimate of drug-likeness (QED) is 0.419. The molecule has 0 aromatic carbocycles. The van der Waals surface area contributed by atoms with Crippen LogP contribution in [0.1, 0.15) is 0 Å². The highest BCUT2D eigenvalue weighted by Gasteiger charge is 1.76. The third kappa shape index (κ3) is 5.10. The van der Waals surface area contributed by atoms with Crippen LogP contribution in [0.25, 0.3) is 0 Å². The van der Waals surface area contributed by atoms with Crippen molar-refractivity contribution in [2.24, 2.45) is 16.5 Å². The molecule has 4 N–H and O–H groups in total. The lowest BCUT2D eigenvalue weighted by Gasteiger charge is -1.75. The summed E-state index contributed by atoms with van der Waals surface area (Å²) in [7, 11) is 0. The number of hydrogen-bond donors (Lipinski definition) is 2. The van der Waals surface area contributed by atoms with Crippen molar-refractivity contribution in [3.8, 4) is 0 Å². The van der Waals surface area contributed by atoms with Gasteiger partial charge in [-0.1, -0.05) is 0 Å². The fraction of sp³-hybridized carbons (Fsp3) is 0.333. The van der Waals surface area contributed by atoms with E-state index in [0.717, 1.165) is 0 Å². The van der Waals surface area contributed by atoms with Crippen molar-refractivity contribution in [2.75, 3.05) is 6.54 Å². The van der Waals surface area contributed by atoms with Crippen LogP contribution in [0.2, 0.25) is 0 Å². The topological polar surface area (TPSA) is 81.5 Å². The van der Waals surface area contributed by atoms with Gasteiger partial charge in [0.2, 0.25) is 0 Å². The van der Waals surface area contributed by atoms with Crippen molar-refractivity contribution >= 4 is 12.2 Å². The number of carbonyl (C=O) groups excluding carboxylic acids is 1. The number of urea groups is 1. The van der Waals surface area contributed by atoms with Gasteiger partial charge in [-0.2, -0.15) is 0 Å². The molecule has 0 aliphatic carbocycles. The average Bonchev–Trinajstić information content (AvgIpc) is 1.61. The summed E-state index contributed by atoms with van der Waals surface area (Å²) in [6.45, 7) is 0.253. The zero-order chi connectivity index (χ0) is 5.70. The molecule has 0 aromatic heterocycles. The van der Waals surface area contributed by atoms with Crippen molar-refractivity contribution in [2.45, 2.75) is 0 Å². The molecule has 2 amide bonds. The minimum absolute atomic E-state index is 0.253. The van der Waals surface area contributed by atoms with E-state index in [0.29, 0.717) is 0 Å². The van der Waals surface area contributed by atoms with Gasteiger partial charge < -0.3 is 11.5 Å². The molecule has 0 saturated carbocycles. The van der Waals surface area contributed by atoms with Gasteiger partial charge in [-0.3, -0.25) is 0 Å². The normalized spacial score (nSPS) is 9.86. The number of carbonyl (C=O) groups is 1. The molecule has 0 aromatic rings. The van der Waals surface area contributed by atoms with E-state index in [1.807, 2.05) is 0 Å². The summed E-state index contributed by atoms with van der Waals surface area (Å²) in [5.74, 6) is 0. The standard InChI is InChI=1S/C3H7N3O/c4-1-2-6-3(5)7/h2H,1,4H2,(H2,5,7). The summed E-state index contributed by atoms with van der Waals surface area (Å²) in [5, 5.41) is 0. The van der Waals surface area contributed by atoms with E-state index in [1.165, 1.54) is 6.21 Å². The van der Waals surface area contributed by atoms with Crippen LogP contribution in [-0.4, -0.2) is 18.8 Å². The molecule has 0 unspecified atom stereocenters. The first-order valence-corrected chi connectivity index (χ1v) is 1.79. The number of amides is 2. The Bertz CT molecular complexity index is 88.2. The highest BCUT2D eigenvalue weighted by Crippen LogP contribution is 1.59. The van der Waals surface area contributed by atoms with E-state index in [1.54, 1.807) is 0 Å². The van der Waals surface area contributed by atoms with Gasteiger partial charge in [-0.25, -0.2) is 9.79 Å². The number of nitrogens with zero attached hydrogens (tertiary/aromatic N) is 1. The van der Waals surface area contributed by atoms with Crippen LogP contribution in [-0.2, 0) is 0 Å². The number of hydrogen-bond acceptors (Lipinski definition) is 2. The van der Waals surface area contributed by atoms with E-state index in [4.69, 9.17) is 5.73 Å². The highest BCUT2D eigenvalue weighted by atomic mass is 16.2. The molecule has 0 aliphatic rings. The van der Waals surface area contributed by atoms with Crippen molar-refractivity contribution in [3.05, 3.63) is 0 Å². The second-order valence-electron chi connectivity index (χ2n) is 0.886. The maximum atomic E-state index is 9.73. The number of nitrogens with two attached hydrogens (primary N) is 2. The smallest absolute Gasteiger partial charge is 0.338 e. The van der Waals surface area contributed by atoms with Gasteiger partial charge in [0.05, 0.1) is 0 Å². The maximum Gasteiger partial charge on any atom is 0.338 e. The molecule has 7 heavy (non-hydrogen) atoms. The number of aliphatic imine (C=N–C) groups is 1. The zero-order valence-electron chi connectivity index (χ0n) is 3.79. The van der Waals surface area contributed by atoms with E-state index in [-0.39, 0.29) is 6.54 Å². The van der Waals surface area contributed by atoms with Crippen LogP contribution in [0.4, 0.5) is 4.79 Å². The molecule has 0 rings (SSSR count). The Morgan fingerprint density at radius 2 is 2.43 bits per heavy atom. The predicted octanol–water partition coefficient (Wildman–Crippen LogP) is -0.905. The summed E-state index contributed by atoms with van der Waals surface area (Å²) in [5.41, 5.74) is 9.51. The summed E-state index contributed by atoms with van der Waals surface area (Å²) >= 11 is 0. The molecular weight excluding hydrogens is 94.1 g/mol. The van der Waals surface area contributed by atoms with E-state index < -0.39 is 6.03 Å². The SMILES string of the molecule is NCC=NC(N)=O. The summed E-state index contributed by atoms with van der Waals surface area (Å²) < 4.78 is 0. The van der Waals surface area contributed by atoms with Crippen molar-refractivity contribution in [1.82, 2.24) is 0 Å². The highest BCUT2D eigenvalue weighted by molar-refractivity contribution is 5.82. The zero-order valence-corrected chi connectivity index (χ0v) is 3.79. The van der Waals surface area contributed by atoms with Crippen LogP contribution in [0, 0.1) is 0 Å². The van der Waals surface area contributed by atoms with E-state index in [2.05, 4.69) is 10.7 Å². The van der Waals surface area contributed by atoms with Crippen LogP contribution < -0.4 is 11.5 Å². The Balaban J connectivity index is 3.26. The molecule has 0 atom stereocenters. The molecule has 4 heteroatoms. The third-order valence-corrected chi connectivity index (χ3v) is 0.324. The Morgan fingerprint density at radius 3 is 2.57 bits per heavy atom. The van der Waals surface area contributed by atoms with Gasteiger partial charge in [-0.15, -0.1) is 0 Å². The Hall–Kier alpha value is -0.900. The molecular formula is C3H7N3O. The maximum absolute atomic E-state index is 9.73. The average molecular weight is 101 g/mol. The van der Waals surface area contributed by atoms with Crippen LogP contribution in [0.5, 0.6) is 0 Å². The molecule has 0 radical (unpaired) electrons. The van der Waals surface area contributed by atoms with Crippen molar-refractivity contribution in [1.29, 1.82) is 0 Å². The fourth-order valence-electron chi connectivity index (χ4n) is 0.143. The van der Waals surface area contributed by atoms with Gasteiger partial charge >= 0.3 is 6.03 Å². The second kappa shape index (κ2) is 3.30. The minimum atomic E-state index is -0.703. The Labute approximate surface area is 41.2 Å². The predicted molar refractivity (Wildman–Crippen MR) is 27.1 cm³/mol. The van der Waals surface area contributed by atoms with Gasteiger partial charge in [0.1, 0.15) is 0 Å². The Kier molecular flexibility index (Phi) is 2.87. The van der Waals surface area contributed by atoms with Crippen LogP contribution in [0.3, 0.4) is 0 Å². The first-order chi connectivity index (χ1) is 3.27. The number of rotatable bonds is 1. The molecule has 4 nitrogen and oxygen atoms in total. The van der Waals surface area contributed by atoms with E-state index >= 15 is 0 Å². The molecule has 0 aliphatic heterocycles. The lowest BCUT2D eigenvalue weighted by Crippen LogP contribution is -2.07. The lowest BCUT2D eigenvalue weighted by molar-refractivity contribution is 0.257. The molecule has 0 fully saturated rings. The minimum Gasteiger partial charge on any atom is -0.350 e. The first-order valence-electron chi connectivity index (χ1n) is 1.79. The lowest BCUT2D eigenvalue weighted by atomic mass is 10.7. The third-order valence-electron chi connectivity index (χ3n) is 0.324. The van der Waals surface area contributed by atoms with Crippen LogP contribution >= 0.6 is 0 Å². The summed E-state index contributed by atoms with van der Waals surface area (Å²) in [6, 6.07) is -0.703. The summed E-state index contributed by atoms with van der Waals surface area (Å²) in [6.07, 6.45) is 1.25. The molecule has 0 bridgehead atoms.